The maximum Gasteiger partial charge on any atom is 0.416 e. The molecule has 1 aromatic carbocycles. The van der Waals surface area contributed by atoms with E-state index in [1.165, 1.54) is 24.5 Å². The van der Waals surface area contributed by atoms with Crippen molar-refractivity contribution in [2.75, 3.05) is 24.0 Å². The summed E-state index contributed by atoms with van der Waals surface area (Å²) < 4.78 is 46.2. The van der Waals surface area contributed by atoms with Crippen molar-refractivity contribution in [3.63, 3.8) is 0 Å². The van der Waals surface area contributed by atoms with Gasteiger partial charge in [0.25, 0.3) is 0 Å². The molecule has 0 aliphatic heterocycles. The molecule has 35 heavy (non-hydrogen) atoms. The van der Waals surface area contributed by atoms with Gasteiger partial charge < -0.3 is 14.4 Å². The van der Waals surface area contributed by atoms with Crippen LogP contribution < -0.4 is 4.74 Å². The molecule has 0 aliphatic carbocycles. The number of alkyl halides is 4. The van der Waals surface area contributed by atoms with E-state index in [0.29, 0.717) is 36.1 Å². The minimum atomic E-state index is -4.46. The second-order valence-electron chi connectivity index (χ2n) is 7.25. The smallest absolute Gasteiger partial charge is 0.416 e. The molecule has 3 rings (SSSR count). The molecular formula is C24H24ClF3N4O2S. The van der Waals surface area contributed by atoms with Crippen LogP contribution in [-0.2, 0) is 12.7 Å². The first-order valence-corrected chi connectivity index (χ1v) is 12.3. The number of aliphatic imine (C=N–C) groups is 1. The number of nitrogens with zero attached hydrogens (tertiary/aromatic N) is 4. The summed E-state index contributed by atoms with van der Waals surface area (Å²) in [5, 5.41) is 8.96. The number of thioether (sulfide) groups is 1. The molecule has 0 radical (unpaired) electrons. The number of hydrogen-bond donors (Lipinski definition) is 1. The van der Waals surface area contributed by atoms with Gasteiger partial charge in [-0.3, -0.25) is 0 Å². The maximum atomic E-state index is 12.9. The predicted molar refractivity (Wildman–Crippen MR) is 135 cm³/mol. The van der Waals surface area contributed by atoms with E-state index in [0.717, 1.165) is 28.9 Å². The Morgan fingerprint density at radius 1 is 1.23 bits per heavy atom. The largest absolute Gasteiger partial charge is 0.458 e. The molecule has 0 saturated carbocycles. The van der Waals surface area contributed by atoms with E-state index in [-0.39, 0.29) is 18.1 Å². The lowest BCUT2D eigenvalue weighted by atomic mass is 10.2. The third-order valence-corrected chi connectivity index (χ3v) is 5.85. The van der Waals surface area contributed by atoms with E-state index >= 15 is 0 Å². The SMILES string of the molecule is C=C(/C=C\C(CCCl)=Nc1ncnc2ccn(CCSCCO)c12)Oc1cccc(C(F)(F)F)c1. The summed E-state index contributed by atoms with van der Waals surface area (Å²) in [5.41, 5.74) is 1.31. The molecular weight excluding hydrogens is 501 g/mol. The summed E-state index contributed by atoms with van der Waals surface area (Å²) in [5.74, 6) is 2.42. The lowest BCUT2D eigenvalue weighted by molar-refractivity contribution is -0.137. The molecule has 1 N–H and O–H groups in total. The van der Waals surface area contributed by atoms with Crippen molar-refractivity contribution in [2.45, 2.75) is 19.1 Å². The van der Waals surface area contributed by atoms with Crippen molar-refractivity contribution < 1.29 is 23.0 Å². The summed E-state index contributed by atoms with van der Waals surface area (Å²) in [6, 6.07) is 6.46. The maximum absolute atomic E-state index is 12.9. The lowest BCUT2D eigenvalue weighted by Gasteiger charge is -2.10. The summed E-state index contributed by atoms with van der Waals surface area (Å²) in [6.45, 7) is 4.59. The monoisotopic (exact) mass is 524 g/mol. The topological polar surface area (TPSA) is 72.5 Å². The zero-order valence-corrected chi connectivity index (χ0v) is 20.3. The van der Waals surface area contributed by atoms with E-state index in [2.05, 4.69) is 21.5 Å². The van der Waals surface area contributed by atoms with Crippen molar-refractivity contribution in [3.05, 3.63) is 72.9 Å². The molecule has 2 aromatic heterocycles. The number of aromatic nitrogens is 3. The third-order valence-electron chi connectivity index (χ3n) is 4.72. The molecule has 186 valence electrons. The Kier molecular flexibility index (Phi) is 9.76. The fraction of sp³-hybridized carbons (Fsp3) is 0.292. The normalized spacial score (nSPS) is 12.5. The third kappa shape index (κ3) is 7.84. The van der Waals surface area contributed by atoms with Crippen LogP contribution in [0, 0.1) is 0 Å². The molecule has 0 amide bonds. The highest BCUT2D eigenvalue weighted by Crippen LogP contribution is 2.31. The molecule has 3 aromatic rings. The number of aryl methyl sites for hydroxylation is 1. The molecule has 0 bridgehead atoms. The fourth-order valence-electron chi connectivity index (χ4n) is 3.13. The van der Waals surface area contributed by atoms with Gasteiger partial charge in [0.1, 0.15) is 23.4 Å². The molecule has 0 fully saturated rings. The van der Waals surface area contributed by atoms with Crippen LogP contribution in [0.5, 0.6) is 5.75 Å². The standard InChI is InChI=1S/C24H24ClF3N4O2S/c1-17(34-20-4-2-3-18(15-20)24(26,27)28)5-6-19(7-9-25)31-23-22-21(29-16-30-23)8-10-32(22)11-13-35-14-12-33/h2-6,8,10,15-16,33H,1,7,9,11-14H2/b6-5-,31-19?. The van der Waals surface area contributed by atoms with Crippen molar-refractivity contribution in [2.24, 2.45) is 4.99 Å². The minimum Gasteiger partial charge on any atom is -0.458 e. The van der Waals surface area contributed by atoms with Gasteiger partial charge >= 0.3 is 6.18 Å². The molecule has 0 spiro atoms. The van der Waals surface area contributed by atoms with Gasteiger partial charge in [0.05, 0.1) is 17.7 Å². The van der Waals surface area contributed by atoms with Gasteiger partial charge in [-0.1, -0.05) is 12.6 Å². The van der Waals surface area contributed by atoms with Gasteiger partial charge in [0.15, 0.2) is 5.82 Å². The Hall–Kier alpha value is -2.82. The highest BCUT2D eigenvalue weighted by molar-refractivity contribution is 7.99. The van der Waals surface area contributed by atoms with Crippen LogP contribution in [0.4, 0.5) is 19.0 Å². The van der Waals surface area contributed by atoms with Crippen LogP contribution in [0.25, 0.3) is 11.0 Å². The molecule has 2 heterocycles. The van der Waals surface area contributed by atoms with E-state index in [1.807, 2.05) is 16.8 Å². The molecule has 11 heteroatoms. The Morgan fingerprint density at radius 2 is 2.06 bits per heavy atom. The minimum absolute atomic E-state index is 0.0275. The molecule has 0 aliphatic rings. The number of aliphatic hydroxyl groups excluding tert-OH is 1. The van der Waals surface area contributed by atoms with E-state index in [1.54, 1.807) is 17.8 Å². The van der Waals surface area contributed by atoms with Gasteiger partial charge in [-0.2, -0.15) is 24.9 Å². The molecule has 6 nitrogen and oxygen atoms in total. The van der Waals surface area contributed by atoms with E-state index in [4.69, 9.17) is 21.4 Å². The number of rotatable bonds is 12. The summed E-state index contributed by atoms with van der Waals surface area (Å²) >= 11 is 7.60. The number of aliphatic hydroxyl groups is 1. The van der Waals surface area contributed by atoms with Crippen LogP contribution >= 0.6 is 23.4 Å². The predicted octanol–water partition coefficient (Wildman–Crippen LogP) is 6.03. The highest BCUT2D eigenvalue weighted by atomic mass is 35.5. The van der Waals surface area contributed by atoms with Gasteiger partial charge in [0.2, 0.25) is 0 Å². The Morgan fingerprint density at radius 3 is 2.80 bits per heavy atom. The van der Waals surface area contributed by atoms with Crippen molar-refractivity contribution in [1.82, 2.24) is 14.5 Å². The first-order chi connectivity index (χ1) is 16.8. The van der Waals surface area contributed by atoms with Crippen LogP contribution in [0.15, 0.2) is 72.3 Å². The Balaban J connectivity index is 1.79. The second-order valence-corrected chi connectivity index (χ2v) is 8.85. The van der Waals surface area contributed by atoms with Crippen LogP contribution in [0.3, 0.4) is 0 Å². The number of halogens is 4. The van der Waals surface area contributed by atoms with Crippen LogP contribution in [0.1, 0.15) is 12.0 Å². The fourth-order valence-corrected chi connectivity index (χ4v) is 3.99. The highest BCUT2D eigenvalue weighted by Gasteiger charge is 2.30. The molecule has 0 atom stereocenters. The van der Waals surface area contributed by atoms with Crippen LogP contribution in [0.2, 0.25) is 0 Å². The summed E-state index contributed by atoms with van der Waals surface area (Å²) in [6.07, 6.45) is 2.48. The van der Waals surface area contributed by atoms with Gasteiger partial charge in [0, 0.05) is 42.3 Å². The summed E-state index contributed by atoms with van der Waals surface area (Å²) in [7, 11) is 0. The first-order valence-electron chi connectivity index (χ1n) is 10.7. The van der Waals surface area contributed by atoms with Gasteiger partial charge in [-0.25, -0.2) is 15.0 Å². The number of fused-ring (bicyclic) bond motifs is 1. The first kappa shape index (κ1) is 26.8. The van der Waals surface area contributed by atoms with E-state index < -0.39 is 11.7 Å². The Labute approximate surface area is 210 Å². The average Bonchev–Trinajstić information content (AvgIpc) is 3.24. The number of allylic oxidation sites excluding steroid dienone is 2. The number of hydrogen-bond acceptors (Lipinski definition) is 6. The van der Waals surface area contributed by atoms with Crippen molar-refractivity contribution in [3.8, 4) is 5.75 Å². The molecule has 0 saturated heterocycles. The zero-order valence-electron chi connectivity index (χ0n) is 18.7. The number of ether oxygens (including phenoxy) is 1. The lowest BCUT2D eigenvalue weighted by Crippen LogP contribution is -2.05. The van der Waals surface area contributed by atoms with Crippen molar-refractivity contribution >= 4 is 45.9 Å². The zero-order chi connectivity index (χ0) is 25.3. The number of benzene rings is 1. The van der Waals surface area contributed by atoms with E-state index in [9.17, 15) is 13.2 Å². The van der Waals surface area contributed by atoms with Crippen LogP contribution in [-0.4, -0.2) is 49.3 Å². The Bertz CT molecular complexity index is 1210. The molecule has 0 unspecified atom stereocenters. The summed E-state index contributed by atoms with van der Waals surface area (Å²) in [4.78, 5) is 13.3. The quantitative estimate of drug-likeness (QED) is 0.103. The van der Waals surface area contributed by atoms with Crippen molar-refractivity contribution in [1.29, 1.82) is 0 Å². The second kappa shape index (κ2) is 12.8. The average molecular weight is 525 g/mol. The van der Waals surface area contributed by atoms with Gasteiger partial charge in [-0.15, -0.1) is 11.6 Å². The van der Waals surface area contributed by atoms with Gasteiger partial charge in [-0.05, 0) is 36.4 Å².